The Hall–Kier alpha value is -2.76. The number of hydrogen-bond donors (Lipinski definition) is 2. The highest BCUT2D eigenvalue weighted by Crippen LogP contribution is 2.31. The van der Waals surface area contributed by atoms with Crippen molar-refractivity contribution in [3.63, 3.8) is 0 Å². The van der Waals surface area contributed by atoms with E-state index in [9.17, 15) is 13.2 Å². The number of likely N-dealkylation sites (tertiary alicyclic amines) is 1. The Balaban J connectivity index is 1.77. The van der Waals surface area contributed by atoms with Gasteiger partial charge in [-0.3, -0.25) is 9.48 Å². The lowest BCUT2D eigenvalue weighted by molar-refractivity contribution is 0.297. The van der Waals surface area contributed by atoms with Crippen LogP contribution in [0.4, 0.5) is 0 Å². The zero-order chi connectivity index (χ0) is 34.5. The summed E-state index contributed by atoms with van der Waals surface area (Å²) in [5, 5.41) is 3.95. The SMILES string of the molecule is [2H]C([2H])([2H])N1CCCC1CCNS(=O)(=O)c1ccc(OCCC)c(-c2nc3c(C([2H])([2H])C([2H])([2H])C([2H])([2H])[2H])nn(C)c3c(=O)[nH]2)c1. The van der Waals surface area contributed by atoms with E-state index in [-0.39, 0.29) is 53.2 Å². The maximum Gasteiger partial charge on any atom is 0.277 e. The lowest BCUT2D eigenvalue weighted by atomic mass is 10.1. The first-order valence-electron chi connectivity index (χ1n) is 16.6. The van der Waals surface area contributed by atoms with Crippen molar-refractivity contribution in [3.8, 4) is 17.1 Å². The van der Waals surface area contributed by atoms with Crippen LogP contribution >= 0.6 is 0 Å². The predicted octanol–water partition coefficient (Wildman–Crippen LogP) is 2.83. The van der Waals surface area contributed by atoms with E-state index in [1.807, 2.05) is 6.92 Å². The number of fused-ring (bicyclic) bond motifs is 1. The van der Waals surface area contributed by atoms with Crippen molar-refractivity contribution in [2.75, 3.05) is 26.7 Å². The summed E-state index contributed by atoms with van der Waals surface area (Å²) in [7, 11) is -2.87. The van der Waals surface area contributed by atoms with Gasteiger partial charge in [-0.25, -0.2) is 18.1 Å². The molecule has 0 saturated carbocycles. The highest BCUT2D eigenvalue weighted by atomic mass is 32.2. The van der Waals surface area contributed by atoms with Gasteiger partial charge in [0.25, 0.3) is 5.56 Å². The molecule has 4 rings (SSSR count). The molecule has 1 aromatic carbocycles. The molecule has 2 aromatic heterocycles. The number of aromatic nitrogens is 4. The molecule has 0 aliphatic carbocycles. The fourth-order valence-corrected chi connectivity index (χ4v) is 5.30. The van der Waals surface area contributed by atoms with Gasteiger partial charge in [-0.2, -0.15) is 5.10 Å². The second kappa shape index (κ2) is 11.1. The van der Waals surface area contributed by atoms with Crippen molar-refractivity contribution < 1.29 is 26.9 Å². The van der Waals surface area contributed by atoms with E-state index in [2.05, 4.69) is 19.8 Å². The van der Waals surface area contributed by atoms with Crippen LogP contribution in [0.5, 0.6) is 5.75 Å². The number of benzene rings is 1. The van der Waals surface area contributed by atoms with Crippen LogP contribution < -0.4 is 15.0 Å². The van der Waals surface area contributed by atoms with Crippen LogP contribution in [0, 0.1) is 0 Å². The molecule has 1 aliphatic rings. The monoisotopic (exact) mass is 526 g/mol. The molecule has 3 aromatic rings. The third-order valence-electron chi connectivity index (χ3n) is 6.00. The first-order valence-corrected chi connectivity index (χ1v) is 13.1. The van der Waals surface area contributed by atoms with Crippen molar-refractivity contribution in [2.45, 2.75) is 63.1 Å². The van der Waals surface area contributed by atoms with Crippen LogP contribution in [0.2, 0.25) is 0 Å². The normalized spacial score (nSPS) is 22.3. The average molecular weight is 527 g/mol. The lowest BCUT2D eigenvalue weighted by Gasteiger charge is -2.19. The quantitative estimate of drug-likeness (QED) is 0.394. The summed E-state index contributed by atoms with van der Waals surface area (Å²) in [6.45, 7) is -3.27. The summed E-state index contributed by atoms with van der Waals surface area (Å²) in [5.74, 6) is -0.117. The zero-order valence-corrected chi connectivity index (χ0v) is 20.9. The second-order valence-electron chi connectivity index (χ2n) is 8.52. The van der Waals surface area contributed by atoms with Crippen LogP contribution in [0.3, 0.4) is 0 Å². The van der Waals surface area contributed by atoms with E-state index < -0.39 is 53.4 Å². The Kier molecular flexibility index (Phi) is 4.98. The molecule has 1 fully saturated rings. The van der Waals surface area contributed by atoms with E-state index in [0.717, 1.165) is 4.68 Å². The van der Waals surface area contributed by atoms with Gasteiger partial charge < -0.3 is 14.6 Å². The van der Waals surface area contributed by atoms with Gasteiger partial charge in [0.2, 0.25) is 10.0 Å². The maximum atomic E-state index is 13.3. The molecule has 196 valence electrons. The number of nitrogens with one attached hydrogen (secondary N) is 2. The lowest BCUT2D eigenvalue weighted by Crippen LogP contribution is -2.31. The van der Waals surface area contributed by atoms with E-state index in [1.54, 1.807) is 0 Å². The molecule has 1 atom stereocenters. The van der Waals surface area contributed by atoms with Gasteiger partial charge in [0, 0.05) is 33.3 Å². The number of hydrogen-bond acceptors (Lipinski definition) is 7. The van der Waals surface area contributed by atoms with E-state index >= 15 is 0 Å². The molecule has 1 saturated heterocycles. The largest absolute Gasteiger partial charge is 0.493 e. The number of ether oxygens (including phenoxy) is 1. The van der Waals surface area contributed by atoms with Gasteiger partial charge in [-0.15, -0.1) is 0 Å². The van der Waals surface area contributed by atoms with Crippen LogP contribution in [0.15, 0.2) is 27.9 Å². The highest BCUT2D eigenvalue weighted by molar-refractivity contribution is 7.89. The summed E-state index contributed by atoms with van der Waals surface area (Å²) in [6.07, 6.45) is -4.51. The Morgan fingerprint density at radius 1 is 1.39 bits per heavy atom. The third-order valence-corrected chi connectivity index (χ3v) is 7.46. The fraction of sp³-hybridized carbons (Fsp3) is 0.560. The summed E-state index contributed by atoms with van der Waals surface area (Å²) < 4.78 is 115. The minimum Gasteiger partial charge on any atom is -0.493 e. The summed E-state index contributed by atoms with van der Waals surface area (Å²) in [5.41, 5.74) is -2.22. The van der Waals surface area contributed by atoms with Gasteiger partial charge in [-0.1, -0.05) is 20.1 Å². The van der Waals surface area contributed by atoms with Gasteiger partial charge in [0.15, 0.2) is 5.52 Å². The van der Waals surface area contributed by atoms with Crippen molar-refractivity contribution >= 4 is 21.1 Å². The first kappa shape index (κ1) is 16.2. The van der Waals surface area contributed by atoms with Crippen molar-refractivity contribution in [3.05, 3.63) is 34.2 Å². The summed E-state index contributed by atoms with van der Waals surface area (Å²) in [4.78, 5) is 21.3. The zero-order valence-electron chi connectivity index (χ0n) is 30.1. The third kappa shape index (κ3) is 5.47. The number of H-pyrrole nitrogens is 1. The number of nitrogens with zero attached hydrogens (tertiary/aromatic N) is 4. The Bertz CT molecular complexity index is 1750. The van der Waals surface area contributed by atoms with Crippen LogP contribution in [-0.4, -0.2) is 65.8 Å². The van der Waals surface area contributed by atoms with Crippen molar-refractivity contribution in [1.82, 2.24) is 29.4 Å². The molecular formula is C25H36N6O4S. The predicted molar refractivity (Wildman–Crippen MR) is 140 cm³/mol. The molecule has 36 heavy (non-hydrogen) atoms. The molecule has 0 spiro atoms. The van der Waals surface area contributed by atoms with Gasteiger partial charge >= 0.3 is 0 Å². The fourth-order valence-electron chi connectivity index (χ4n) is 4.23. The molecule has 10 nitrogen and oxygen atoms in total. The van der Waals surface area contributed by atoms with Gasteiger partial charge in [0.1, 0.15) is 17.1 Å². The summed E-state index contributed by atoms with van der Waals surface area (Å²) in [6, 6.07) is 3.54. The molecule has 0 amide bonds. The van der Waals surface area contributed by atoms with E-state index in [1.165, 1.54) is 30.1 Å². The molecular weight excluding hydrogens is 480 g/mol. The maximum absolute atomic E-state index is 13.3. The molecule has 2 N–H and O–H groups in total. The van der Waals surface area contributed by atoms with Crippen molar-refractivity contribution in [1.29, 1.82) is 0 Å². The number of rotatable bonds is 11. The van der Waals surface area contributed by atoms with Crippen LogP contribution in [0.1, 0.15) is 65.2 Å². The second-order valence-corrected chi connectivity index (χ2v) is 10.3. The van der Waals surface area contributed by atoms with Gasteiger partial charge in [-0.05, 0) is 63.8 Å². The number of sulfonamides is 1. The Morgan fingerprint density at radius 2 is 2.25 bits per heavy atom. The molecule has 0 radical (unpaired) electrons. The highest BCUT2D eigenvalue weighted by Gasteiger charge is 2.23. The molecule has 1 unspecified atom stereocenters. The van der Waals surface area contributed by atoms with E-state index in [4.69, 9.17) is 18.4 Å². The number of aryl methyl sites for hydroxylation is 2. The first-order chi connectivity index (χ1) is 21.1. The molecule has 1 aliphatic heterocycles. The standard InChI is InChI=1S/C25H36N6O4S/c1-5-8-20-22-23(31(4)29-20)25(32)28-24(27-22)19-16-18(10-11-21(19)35-15-6-2)36(33,34)26-13-12-17-9-7-14-30(17)3/h10-11,16-17,26H,5-9,12-15H2,1-4H3,(H,27,28,32)/i1D3,3D3,5D2,8D2. The minimum absolute atomic E-state index is 0.00823. The minimum atomic E-state index is -4.16. The van der Waals surface area contributed by atoms with Crippen LogP contribution in [0.25, 0.3) is 22.4 Å². The Morgan fingerprint density at radius 3 is 3.03 bits per heavy atom. The molecule has 11 heteroatoms. The Labute approximate surface area is 226 Å². The van der Waals surface area contributed by atoms with Crippen LogP contribution in [-0.2, 0) is 23.4 Å². The molecule has 0 bridgehead atoms. The number of aromatic amines is 1. The smallest absolute Gasteiger partial charge is 0.277 e. The molecule has 3 heterocycles. The van der Waals surface area contributed by atoms with Crippen molar-refractivity contribution in [2.24, 2.45) is 7.05 Å². The van der Waals surface area contributed by atoms with E-state index in [0.29, 0.717) is 25.8 Å². The topological polar surface area (TPSA) is 122 Å². The van der Waals surface area contributed by atoms with Gasteiger partial charge in [0.05, 0.1) is 22.8 Å². The average Bonchev–Trinajstić information content (AvgIpc) is 3.56. The summed E-state index contributed by atoms with van der Waals surface area (Å²) >= 11 is 0.